The lowest BCUT2D eigenvalue weighted by Gasteiger charge is -1.99. The first kappa shape index (κ1) is 5.85. The Bertz CT molecular complexity index is 29.8. The van der Waals surface area contributed by atoms with Gasteiger partial charge in [-0.05, 0) is 6.92 Å². The van der Waals surface area contributed by atoms with Gasteiger partial charge < -0.3 is 10.2 Å². The molecule has 0 aliphatic carbocycles. The molecule has 0 aliphatic heterocycles. The Labute approximate surface area is 35.2 Å². The molecule has 0 fully saturated rings. The Morgan fingerprint density at radius 1 is 1.50 bits per heavy atom. The van der Waals surface area contributed by atoms with Crippen molar-refractivity contribution < 1.29 is 14.6 Å². The summed E-state index contributed by atoms with van der Waals surface area (Å²) in [5.74, 6) is 0. The monoisotopic (exact) mass is 94.0 g/mol. The molecule has 0 saturated heterocycles. The highest BCUT2D eigenvalue weighted by Gasteiger charge is 2.04. The molecule has 0 aromatic carbocycles. The summed E-state index contributed by atoms with van der Waals surface area (Å²) in [6.45, 7) is 1.17. The van der Waals surface area contributed by atoms with E-state index in [2.05, 4.69) is 0 Å². The fourth-order valence-corrected chi connectivity index (χ4v) is 0. The third-order valence-corrected chi connectivity index (χ3v) is 0.398. The minimum atomic E-state index is -2.09. The first-order valence-electron chi connectivity index (χ1n) is 1.65. The fraction of sp³-hybridized carbons (Fsp3) is 1.00. The first-order chi connectivity index (χ1) is 2.64. The summed E-state index contributed by atoms with van der Waals surface area (Å²) >= 11 is 0. The second-order valence-electron chi connectivity index (χ2n) is 1.11. The van der Waals surface area contributed by atoms with Crippen LogP contribution in [0.25, 0.3) is 0 Å². The van der Waals surface area contributed by atoms with E-state index < -0.39 is 12.5 Å². The quantitative estimate of drug-likeness (QED) is 0.466. The van der Waals surface area contributed by atoms with Crippen molar-refractivity contribution >= 4 is 0 Å². The van der Waals surface area contributed by atoms with E-state index in [-0.39, 0.29) is 0 Å². The maximum Gasteiger partial charge on any atom is 0.222 e. The zero-order chi connectivity index (χ0) is 5.15. The third-order valence-electron chi connectivity index (χ3n) is 0.398. The summed E-state index contributed by atoms with van der Waals surface area (Å²) in [4.78, 5) is 0. The van der Waals surface area contributed by atoms with Crippen molar-refractivity contribution in [1.82, 2.24) is 0 Å². The number of rotatable bonds is 1. The van der Waals surface area contributed by atoms with Crippen molar-refractivity contribution in [3.8, 4) is 0 Å². The molecule has 6 heavy (non-hydrogen) atoms. The highest BCUT2D eigenvalue weighted by Crippen LogP contribution is 1.89. The Morgan fingerprint density at radius 3 is 1.67 bits per heavy atom. The predicted molar refractivity (Wildman–Crippen MR) is 18.8 cm³/mol. The van der Waals surface area contributed by atoms with E-state index in [1.807, 2.05) is 0 Å². The predicted octanol–water partition coefficient (Wildman–Crippen LogP) is -0.345. The molecule has 2 nitrogen and oxygen atoms in total. The lowest BCUT2D eigenvalue weighted by atomic mass is 10.4. The second-order valence-corrected chi connectivity index (χ2v) is 1.11. The van der Waals surface area contributed by atoms with E-state index in [9.17, 15) is 4.39 Å². The number of halogens is 1. The molecule has 0 spiro atoms. The average Bonchev–Trinajstić information content (AvgIpc) is 1.36. The molecule has 0 radical (unpaired) electrons. The topological polar surface area (TPSA) is 40.5 Å². The molecule has 38 valence electrons. The van der Waals surface area contributed by atoms with Gasteiger partial charge in [-0.2, -0.15) is 0 Å². The van der Waals surface area contributed by atoms with Gasteiger partial charge in [0.25, 0.3) is 0 Å². The number of aliphatic hydroxyl groups excluding tert-OH is 2. The van der Waals surface area contributed by atoms with Crippen molar-refractivity contribution in [3.05, 3.63) is 0 Å². The summed E-state index contributed by atoms with van der Waals surface area (Å²) in [6, 6.07) is 0. The van der Waals surface area contributed by atoms with Crippen LogP contribution in [-0.2, 0) is 0 Å². The van der Waals surface area contributed by atoms with Gasteiger partial charge in [-0.3, -0.25) is 0 Å². The van der Waals surface area contributed by atoms with E-state index in [0.29, 0.717) is 0 Å². The van der Waals surface area contributed by atoms with Crippen molar-refractivity contribution in [2.45, 2.75) is 19.4 Å². The molecule has 2 N–H and O–H groups in total. The van der Waals surface area contributed by atoms with Crippen LogP contribution in [0.4, 0.5) is 4.39 Å². The fourth-order valence-electron chi connectivity index (χ4n) is 0. The molecule has 0 aliphatic rings. The number of hydrogen-bond acceptors (Lipinski definition) is 2. The van der Waals surface area contributed by atoms with Crippen LogP contribution in [0.15, 0.2) is 0 Å². The van der Waals surface area contributed by atoms with Crippen LogP contribution in [0, 0.1) is 0 Å². The largest absolute Gasteiger partial charge is 0.388 e. The van der Waals surface area contributed by atoms with Gasteiger partial charge in [-0.15, -0.1) is 0 Å². The Morgan fingerprint density at radius 2 is 1.67 bits per heavy atom. The molecule has 0 rings (SSSR count). The highest BCUT2D eigenvalue weighted by atomic mass is 19.1. The van der Waals surface area contributed by atoms with E-state index >= 15 is 0 Å². The molecule has 2 unspecified atom stereocenters. The van der Waals surface area contributed by atoms with Gasteiger partial charge in [0.05, 0.1) is 0 Å². The van der Waals surface area contributed by atoms with Gasteiger partial charge in [0.1, 0.15) is 6.10 Å². The smallest absolute Gasteiger partial charge is 0.222 e. The summed E-state index contributed by atoms with van der Waals surface area (Å²) < 4.78 is 11.1. The SMILES string of the molecule is CC(O)C(O)F. The molecule has 0 heterocycles. The van der Waals surface area contributed by atoms with Crippen LogP contribution in [0.2, 0.25) is 0 Å². The molecule has 0 amide bonds. The van der Waals surface area contributed by atoms with Gasteiger partial charge >= 0.3 is 0 Å². The van der Waals surface area contributed by atoms with Crippen molar-refractivity contribution in [2.24, 2.45) is 0 Å². The Balaban J connectivity index is 2.99. The summed E-state index contributed by atoms with van der Waals surface area (Å²) in [6.07, 6.45) is -3.35. The zero-order valence-electron chi connectivity index (χ0n) is 3.43. The molecule has 3 heteroatoms. The zero-order valence-corrected chi connectivity index (χ0v) is 3.43. The molecule has 0 aromatic heterocycles. The van der Waals surface area contributed by atoms with Crippen LogP contribution in [-0.4, -0.2) is 22.7 Å². The summed E-state index contributed by atoms with van der Waals surface area (Å²) in [7, 11) is 0. The summed E-state index contributed by atoms with van der Waals surface area (Å²) in [5, 5.41) is 15.7. The van der Waals surface area contributed by atoms with Crippen LogP contribution in [0.5, 0.6) is 0 Å². The van der Waals surface area contributed by atoms with Crippen LogP contribution in [0.1, 0.15) is 6.92 Å². The Kier molecular flexibility index (Phi) is 2.05. The maximum absolute atomic E-state index is 11.1. The van der Waals surface area contributed by atoms with Gasteiger partial charge in [-0.25, -0.2) is 4.39 Å². The van der Waals surface area contributed by atoms with Crippen LogP contribution in [0.3, 0.4) is 0 Å². The van der Waals surface area contributed by atoms with Crippen molar-refractivity contribution in [3.63, 3.8) is 0 Å². The average molecular weight is 94.1 g/mol. The number of alkyl halides is 1. The van der Waals surface area contributed by atoms with E-state index in [0.717, 1.165) is 0 Å². The lowest BCUT2D eigenvalue weighted by molar-refractivity contribution is -0.0559. The first-order valence-corrected chi connectivity index (χ1v) is 1.65. The minimum absolute atomic E-state index is 1.17. The number of aliphatic hydroxyl groups is 2. The van der Waals surface area contributed by atoms with Gasteiger partial charge in [-0.1, -0.05) is 0 Å². The van der Waals surface area contributed by atoms with Crippen molar-refractivity contribution in [1.29, 1.82) is 0 Å². The number of hydrogen-bond donors (Lipinski definition) is 2. The van der Waals surface area contributed by atoms with Gasteiger partial charge in [0.2, 0.25) is 6.36 Å². The van der Waals surface area contributed by atoms with E-state index in [1.54, 1.807) is 0 Å². The van der Waals surface area contributed by atoms with Gasteiger partial charge in [0.15, 0.2) is 0 Å². The highest BCUT2D eigenvalue weighted by molar-refractivity contribution is 4.43. The van der Waals surface area contributed by atoms with Gasteiger partial charge in [0, 0.05) is 0 Å². The second kappa shape index (κ2) is 2.10. The third kappa shape index (κ3) is 2.11. The minimum Gasteiger partial charge on any atom is -0.388 e. The van der Waals surface area contributed by atoms with Crippen molar-refractivity contribution in [2.75, 3.05) is 0 Å². The lowest BCUT2D eigenvalue weighted by Crippen LogP contribution is -2.15. The normalized spacial score (nSPS) is 20.0. The standard InChI is InChI=1S/C3H7FO2/c1-2(5)3(4)6/h2-3,5-6H,1H3. The Hall–Kier alpha value is -0.150. The van der Waals surface area contributed by atoms with E-state index in [4.69, 9.17) is 10.2 Å². The van der Waals surface area contributed by atoms with Crippen LogP contribution >= 0.6 is 0 Å². The molecule has 2 atom stereocenters. The molecule has 0 saturated carbocycles. The summed E-state index contributed by atoms with van der Waals surface area (Å²) in [5.41, 5.74) is 0. The molecular formula is C3H7FO2. The maximum atomic E-state index is 11.1. The van der Waals surface area contributed by atoms with Crippen LogP contribution < -0.4 is 0 Å². The molecular weight excluding hydrogens is 87.0 g/mol. The molecule has 0 bridgehead atoms. The molecule has 0 aromatic rings. The van der Waals surface area contributed by atoms with E-state index in [1.165, 1.54) is 6.92 Å².